The van der Waals surface area contributed by atoms with Crippen molar-refractivity contribution in [2.24, 2.45) is 0 Å². The minimum absolute atomic E-state index is 0.0478. The van der Waals surface area contributed by atoms with Crippen molar-refractivity contribution in [3.63, 3.8) is 0 Å². The number of nitrogens with zero attached hydrogens (tertiary/aromatic N) is 6. The van der Waals surface area contributed by atoms with Crippen LogP contribution in [0.5, 0.6) is 0 Å². The number of aryl methyl sites for hydroxylation is 1. The van der Waals surface area contributed by atoms with Crippen LogP contribution in [0, 0.1) is 23.0 Å². The first-order chi connectivity index (χ1) is 22.2. The first-order valence-corrected chi connectivity index (χ1v) is 16.6. The van der Waals surface area contributed by atoms with E-state index in [4.69, 9.17) is 9.97 Å². The molecule has 46 heavy (non-hydrogen) atoms. The number of rotatable bonds is 9. The van der Waals surface area contributed by atoms with E-state index in [1.807, 2.05) is 21.9 Å². The highest BCUT2D eigenvalue weighted by molar-refractivity contribution is 7.89. The Hall–Kier alpha value is -4.73. The maximum Gasteiger partial charge on any atom is 0.243 e. The van der Waals surface area contributed by atoms with Gasteiger partial charge in [-0.1, -0.05) is 24.3 Å². The van der Waals surface area contributed by atoms with Crippen molar-refractivity contribution in [1.29, 1.82) is 5.26 Å². The average molecular weight is 643 g/mol. The first-order valence-electron chi connectivity index (χ1n) is 15.2. The van der Waals surface area contributed by atoms with Crippen LogP contribution in [0.2, 0.25) is 0 Å². The van der Waals surface area contributed by atoms with Crippen LogP contribution in [-0.2, 0) is 21.2 Å². The molecule has 1 aromatic heterocycles. The summed E-state index contributed by atoms with van der Waals surface area (Å²) in [4.78, 5) is 27.1. The molecule has 2 aliphatic rings. The van der Waals surface area contributed by atoms with E-state index in [9.17, 15) is 27.3 Å². The van der Waals surface area contributed by atoms with E-state index < -0.39 is 21.9 Å². The number of ketones is 1. The largest absolute Gasteiger partial charge is 0.366 e. The summed E-state index contributed by atoms with van der Waals surface area (Å²) in [5.41, 5.74) is 2.97. The summed E-state index contributed by atoms with van der Waals surface area (Å²) in [5, 5.41) is 9.45. The molecule has 4 aromatic rings. The van der Waals surface area contributed by atoms with Crippen LogP contribution in [0.4, 0.5) is 20.4 Å². The van der Waals surface area contributed by atoms with Gasteiger partial charge in [-0.05, 0) is 73.9 Å². The fourth-order valence-electron chi connectivity index (χ4n) is 6.01. The van der Waals surface area contributed by atoms with E-state index in [1.54, 1.807) is 36.4 Å². The number of carbonyl (C=O) groups excluding carboxylic acids is 1. The second-order valence-corrected chi connectivity index (χ2v) is 13.2. The number of carbonyl (C=O) groups is 1. The van der Waals surface area contributed by atoms with Crippen molar-refractivity contribution in [1.82, 2.24) is 14.3 Å². The molecule has 0 saturated carbocycles. The summed E-state index contributed by atoms with van der Waals surface area (Å²) in [6.45, 7) is 2.43. The predicted molar refractivity (Wildman–Crippen MR) is 170 cm³/mol. The summed E-state index contributed by atoms with van der Waals surface area (Å²) in [6.07, 6.45) is 1.28. The topological polar surface area (TPSA) is 110 Å². The predicted octanol–water partition coefficient (Wildman–Crippen LogP) is 4.98. The van der Waals surface area contributed by atoms with Gasteiger partial charge < -0.3 is 9.80 Å². The number of sulfonamides is 1. The van der Waals surface area contributed by atoms with E-state index in [1.165, 1.54) is 22.5 Å². The van der Waals surface area contributed by atoms with Gasteiger partial charge in [-0.25, -0.2) is 27.2 Å². The fraction of sp³-hybridized carbons (Fsp3) is 0.294. The number of para-hydroxylation sites is 1. The lowest BCUT2D eigenvalue weighted by atomic mass is 10.0. The molecule has 0 N–H and O–H groups in total. The smallest absolute Gasteiger partial charge is 0.243 e. The standard InChI is InChI=1S/C34H32F2N6O3S/c35-26-10-13-28(14-11-26)46(44,45)42-16-4-9-32(42)33(43)15-12-27-22-30(25-6-3-5-24(21-25)23-37)39-34(38-27)41-19-17-40(18-20-41)31-8-2-1-7-29(31)36/h1-3,5-8,10-11,13-14,21-22,32H,4,9,12,15-20H2/t32-/m0/s1. The number of aromatic nitrogens is 2. The van der Waals surface area contributed by atoms with Crippen molar-refractivity contribution in [3.8, 4) is 17.3 Å². The van der Waals surface area contributed by atoms with Crippen LogP contribution < -0.4 is 9.80 Å². The number of hydrogen-bond donors (Lipinski definition) is 0. The molecule has 0 spiro atoms. The lowest BCUT2D eigenvalue weighted by molar-refractivity contribution is -0.122. The molecule has 2 saturated heterocycles. The number of Topliss-reactive ketones (excluding diaryl/α,β-unsaturated/α-hetero) is 1. The number of hydrogen-bond acceptors (Lipinski definition) is 8. The third kappa shape index (κ3) is 6.61. The molecule has 3 aromatic carbocycles. The number of nitriles is 1. The van der Waals surface area contributed by atoms with Crippen LogP contribution >= 0.6 is 0 Å². The van der Waals surface area contributed by atoms with E-state index in [2.05, 4.69) is 6.07 Å². The molecular formula is C34H32F2N6O3S. The van der Waals surface area contributed by atoms with Gasteiger partial charge in [-0.2, -0.15) is 9.57 Å². The zero-order valence-corrected chi connectivity index (χ0v) is 25.8. The third-order valence-electron chi connectivity index (χ3n) is 8.43. The molecule has 0 unspecified atom stereocenters. The van der Waals surface area contributed by atoms with Gasteiger partial charge in [0, 0.05) is 50.4 Å². The van der Waals surface area contributed by atoms with Crippen LogP contribution in [0.1, 0.15) is 30.5 Å². The van der Waals surface area contributed by atoms with E-state index in [0.29, 0.717) is 67.6 Å². The highest BCUT2D eigenvalue weighted by atomic mass is 32.2. The van der Waals surface area contributed by atoms with Crippen molar-refractivity contribution in [2.75, 3.05) is 42.5 Å². The Kier molecular flexibility index (Phi) is 9.05. The second-order valence-electron chi connectivity index (χ2n) is 11.4. The SMILES string of the molecule is N#Cc1cccc(-c2cc(CCC(=O)[C@@H]3CCCN3S(=O)(=O)c3ccc(F)cc3)nc(N3CCN(c4ccccc4F)CC3)n2)c1. The lowest BCUT2D eigenvalue weighted by Gasteiger charge is -2.36. The van der Waals surface area contributed by atoms with Crippen molar-refractivity contribution in [3.05, 3.63) is 102 Å². The summed E-state index contributed by atoms with van der Waals surface area (Å²) in [7, 11) is -3.97. The van der Waals surface area contributed by atoms with E-state index in [0.717, 1.165) is 17.7 Å². The molecule has 9 nitrogen and oxygen atoms in total. The molecule has 0 aliphatic carbocycles. The summed E-state index contributed by atoms with van der Waals surface area (Å²) in [5.74, 6) is -0.556. The van der Waals surface area contributed by atoms with Gasteiger partial charge in [0.1, 0.15) is 11.6 Å². The summed E-state index contributed by atoms with van der Waals surface area (Å²) < 4.78 is 55.7. The highest BCUT2D eigenvalue weighted by Crippen LogP contribution is 2.29. The zero-order valence-electron chi connectivity index (χ0n) is 25.0. The number of benzene rings is 3. The fourth-order valence-corrected chi connectivity index (χ4v) is 7.69. The van der Waals surface area contributed by atoms with Crippen LogP contribution in [0.15, 0.2) is 83.8 Å². The normalized spacial score (nSPS) is 17.2. The van der Waals surface area contributed by atoms with Crippen molar-refractivity contribution in [2.45, 2.75) is 36.6 Å². The average Bonchev–Trinajstić information content (AvgIpc) is 3.59. The summed E-state index contributed by atoms with van der Waals surface area (Å²) in [6, 6.07) is 21.5. The van der Waals surface area contributed by atoms with Gasteiger partial charge in [0.15, 0.2) is 5.78 Å². The molecule has 2 aliphatic heterocycles. The Bertz CT molecular complexity index is 1890. The van der Waals surface area contributed by atoms with Gasteiger partial charge in [0.05, 0.1) is 34.0 Å². The number of halogens is 2. The second kappa shape index (κ2) is 13.3. The van der Waals surface area contributed by atoms with Gasteiger partial charge >= 0.3 is 0 Å². The molecule has 0 radical (unpaired) electrons. The Morgan fingerprint density at radius 2 is 1.63 bits per heavy atom. The molecule has 236 valence electrons. The molecule has 0 bridgehead atoms. The maximum atomic E-state index is 14.4. The Morgan fingerprint density at radius 3 is 2.37 bits per heavy atom. The quantitative estimate of drug-likeness (QED) is 0.252. The van der Waals surface area contributed by atoms with Gasteiger partial charge in [-0.15, -0.1) is 0 Å². The Morgan fingerprint density at radius 1 is 0.891 bits per heavy atom. The van der Waals surface area contributed by atoms with Gasteiger partial charge in [0.2, 0.25) is 16.0 Å². The molecule has 2 fully saturated rings. The molecule has 1 atom stereocenters. The Balaban J connectivity index is 1.22. The zero-order chi connectivity index (χ0) is 32.3. The maximum absolute atomic E-state index is 14.4. The first kappa shape index (κ1) is 31.3. The van der Waals surface area contributed by atoms with Crippen molar-refractivity contribution < 1.29 is 22.0 Å². The minimum Gasteiger partial charge on any atom is -0.366 e. The number of anilines is 2. The molecule has 3 heterocycles. The minimum atomic E-state index is -3.97. The van der Waals surface area contributed by atoms with Crippen LogP contribution in [0.3, 0.4) is 0 Å². The van der Waals surface area contributed by atoms with Gasteiger partial charge in [0.25, 0.3) is 0 Å². The molecular weight excluding hydrogens is 610 g/mol. The van der Waals surface area contributed by atoms with Gasteiger partial charge in [-0.3, -0.25) is 4.79 Å². The van der Waals surface area contributed by atoms with Crippen LogP contribution in [-0.4, -0.2) is 67.2 Å². The molecule has 6 rings (SSSR count). The number of piperazine rings is 1. The van der Waals surface area contributed by atoms with E-state index in [-0.39, 0.29) is 35.9 Å². The van der Waals surface area contributed by atoms with Crippen LogP contribution in [0.25, 0.3) is 11.3 Å². The van der Waals surface area contributed by atoms with Crippen molar-refractivity contribution >= 4 is 27.4 Å². The monoisotopic (exact) mass is 642 g/mol. The molecule has 0 amide bonds. The highest BCUT2D eigenvalue weighted by Gasteiger charge is 2.39. The lowest BCUT2D eigenvalue weighted by Crippen LogP contribution is -2.47. The third-order valence-corrected chi connectivity index (χ3v) is 10.4. The van der Waals surface area contributed by atoms with E-state index >= 15 is 0 Å². The Labute approximate surface area is 266 Å². The molecule has 12 heteroatoms. The summed E-state index contributed by atoms with van der Waals surface area (Å²) >= 11 is 0.